The molecule has 1 aliphatic rings. The molecule has 0 radical (unpaired) electrons. The zero-order chi connectivity index (χ0) is 9.80. The van der Waals surface area contributed by atoms with Gasteiger partial charge in [0.15, 0.2) is 0 Å². The molecule has 1 heterocycles. The first-order valence-electron chi connectivity index (χ1n) is 5.33. The van der Waals surface area contributed by atoms with Crippen LogP contribution in [0.15, 0.2) is 18.6 Å². The molecular weight excluding hydrogens is 174 g/mol. The van der Waals surface area contributed by atoms with Crippen molar-refractivity contribution in [2.45, 2.75) is 37.6 Å². The quantitative estimate of drug-likeness (QED) is 0.773. The third kappa shape index (κ3) is 2.10. The molecule has 0 spiro atoms. The summed E-state index contributed by atoms with van der Waals surface area (Å²) in [6.07, 6.45) is 10.5. The van der Waals surface area contributed by atoms with E-state index in [-0.39, 0.29) is 0 Å². The van der Waals surface area contributed by atoms with Crippen molar-refractivity contribution in [2.75, 3.05) is 7.05 Å². The highest BCUT2D eigenvalue weighted by molar-refractivity contribution is 5.05. The monoisotopic (exact) mass is 191 g/mol. The van der Waals surface area contributed by atoms with E-state index in [2.05, 4.69) is 15.3 Å². The van der Waals surface area contributed by atoms with Gasteiger partial charge >= 0.3 is 0 Å². The van der Waals surface area contributed by atoms with E-state index in [4.69, 9.17) is 0 Å². The molecule has 1 aromatic heterocycles. The molecule has 0 bridgehead atoms. The van der Waals surface area contributed by atoms with Crippen LogP contribution >= 0.6 is 0 Å². The highest BCUT2D eigenvalue weighted by Gasteiger charge is 2.22. The Morgan fingerprint density at radius 1 is 1.36 bits per heavy atom. The molecule has 0 aromatic carbocycles. The van der Waals surface area contributed by atoms with Gasteiger partial charge in [-0.3, -0.25) is 9.97 Å². The maximum absolute atomic E-state index is 4.38. The lowest BCUT2D eigenvalue weighted by molar-refractivity contribution is 0.351. The first kappa shape index (κ1) is 9.59. The Balaban J connectivity index is 2.04. The number of hydrogen-bond acceptors (Lipinski definition) is 3. The average molecular weight is 191 g/mol. The lowest BCUT2D eigenvalue weighted by Gasteiger charge is -2.28. The van der Waals surface area contributed by atoms with Gasteiger partial charge in [-0.1, -0.05) is 6.42 Å². The summed E-state index contributed by atoms with van der Waals surface area (Å²) in [5.41, 5.74) is 1.16. The number of aromatic nitrogens is 2. The fourth-order valence-electron chi connectivity index (χ4n) is 2.24. The molecule has 14 heavy (non-hydrogen) atoms. The number of rotatable bonds is 2. The van der Waals surface area contributed by atoms with Crippen molar-refractivity contribution in [3.05, 3.63) is 24.3 Å². The van der Waals surface area contributed by atoms with E-state index in [1.807, 2.05) is 13.2 Å². The van der Waals surface area contributed by atoms with Gasteiger partial charge in [0.1, 0.15) is 0 Å². The summed E-state index contributed by atoms with van der Waals surface area (Å²) in [5.74, 6) is 0.606. The molecular formula is C11H17N3. The minimum atomic E-state index is 0.606. The van der Waals surface area contributed by atoms with E-state index in [0.717, 1.165) is 5.69 Å². The van der Waals surface area contributed by atoms with Crippen LogP contribution < -0.4 is 5.32 Å². The molecule has 2 unspecified atom stereocenters. The number of hydrogen-bond donors (Lipinski definition) is 1. The Kier molecular flexibility index (Phi) is 3.09. The largest absolute Gasteiger partial charge is 0.317 e. The summed E-state index contributed by atoms with van der Waals surface area (Å²) >= 11 is 0. The highest BCUT2D eigenvalue weighted by Crippen LogP contribution is 2.31. The van der Waals surface area contributed by atoms with Crippen molar-refractivity contribution in [3.8, 4) is 0 Å². The Labute approximate surface area is 85.0 Å². The maximum atomic E-state index is 4.38. The van der Waals surface area contributed by atoms with Crippen molar-refractivity contribution < 1.29 is 0 Å². The molecule has 1 saturated carbocycles. The Bertz CT molecular complexity index is 273. The van der Waals surface area contributed by atoms with E-state index >= 15 is 0 Å². The SMILES string of the molecule is CNC1CCCC(c2cnccn2)C1. The Hall–Kier alpha value is -0.960. The summed E-state index contributed by atoms with van der Waals surface area (Å²) < 4.78 is 0. The Morgan fingerprint density at radius 2 is 2.29 bits per heavy atom. The first-order chi connectivity index (χ1) is 6.90. The van der Waals surface area contributed by atoms with Crippen molar-refractivity contribution >= 4 is 0 Å². The molecule has 2 atom stereocenters. The molecule has 0 aliphatic heterocycles. The molecule has 3 heteroatoms. The minimum absolute atomic E-state index is 0.606. The zero-order valence-corrected chi connectivity index (χ0v) is 8.61. The van der Waals surface area contributed by atoms with E-state index in [1.165, 1.54) is 25.7 Å². The smallest absolute Gasteiger partial charge is 0.0618 e. The van der Waals surface area contributed by atoms with Crippen molar-refractivity contribution in [1.29, 1.82) is 0 Å². The lowest BCUT2D eigenvalue weighted by Crippen LogP contribution is -2.30. The van der Waals surface area contributed by atoms with Gasteiger partial charge in [-0.15, -0.1) is 0 Å². The van der Waals surface area contributed by atoms with Gasteiger partial charge < -0.3 is 5.32 Å². The van der Waals surface area contributed by atoms with Crippen LogP contribution in [0.25, 0.3) is 0 Å². The molecule has 1 aromatic rings. The van der Waals surface area contributed by atoms with Crippen LogP contribution in [0.3, 0.4) is 0 Å². The van der Waals surface area contributed by atoms with E-state index in [0.29, 0.717) is 12.0 Å². The minimum Gasteiger partial charge on any atom is -0.317 e. The maximum Gasteiger partial charge on any atom is 0.0618 e. The van der Waals surface area contributed by atoms with Crippen LogP contribution in [0.1, 0.15) is 37.3 Å². The normalized spacial score (nSPS) is 27.5. The molecule has 3 nitrogen and oxygen atoms in total. The predicted octanol–water partition coefficient (Wildman–Crippen LogP) is 1.72. The number of nitrogens with one attached hydrogen (secondary N) is 1. The van der Waals surface area contributed by atoms with Gasteiger partial charge in [0.2, 0.25) is 0 Å². The summed E-state index contributed by atoms with van der Waals surface area (Å²) in [7, 11) is 2.05. The van der Waals surface area contributed by atoms with Crippen molar-refractivity contribution in [3.63, 3.8) is 0 Å². The highest BCUT2D eigenvalue weighted by atomic mass is 14.9. The van der Waals surface area contributed by atoms with Crippen LogP contribution in [0.2, 0.25) is 0 Å². The third-order valence-corrected chi connectivity index (χ3v) is 3.08. The molecule has 76 valence electrons. The van der Waals surface area contributed by atoms with E-state index in [9.17, 15) is 0 Å². The second-order valence-electron chi connectivity index (χ2n) is 3.98. The summed E-state index contributed by atoms with van der Waals surface area (Å²) in [5, 5.41) is 3.36. The molecule has 0 saturated heterocycles. The summed E-state index contributed by atoms with van der Waals surface area (Å²) in [6.45, 7) is 0. The van der Waals surface area contributed by atoms with Gasteiger partial charge in [0.25, 0.3) is 0 Å². The molecule has 1 aliphatic carbocycles. The standard InChI is InChI=1S/C11H17N3/c1-12-10-4-2-3-9(7-10)11-8-13-5-6-14-11/h5-6,8-10,12H,2-4,7H2,1H3. The zero-order valence-electron chi connectivity index (χ0n) is 8.61. The van der Waals surface area contributed by atoms with Crippen LogP contribution in [0, 0.1) is 0 Å². The Morgan fingerprint density at radius 3 is 3.00 bits per heavy atom. The third-order valence-electron chi connectivity index (χ3n) is 3.08. The van der Waals surface area contributed by atoms with Gasteiger partial charge in [0, 0.05) is 30.6 Å². The summed E-state index contributed by atoms with van der Waals surface area (Å²) in [4.78, 5) is 8.51. The van der Waals surface area contributed by atoms with Gasteiger partial charge in [0.05, 0.1) is 5.69 Å². The first-order valence-corrected chi connectivity index (χ1v) is 5.33. The van der Waals surface area contributed by atoms with Crippen LogP contribution in [0.4, 0.5) is 0 Å². The van der Waals surface area contributed by atoms with Crippen LogP contribution in [-0.2, 0) is 0 Å². The second-order valence-corrected chi connectivity index (χ2v) is 3.98. The second kappa shape index (κ2) is 4.51. The molecule has 1 N–H and O–H groups in total. The number of nitrogens with zero attached hydrogens (tertiary/aromatic N) is 2. The van der Waals surface area contributed by atoms with Gasteiger partial charge in [-0.25, -0.2) is 0 Å². The molecule has 1 fully saturated rings. The predicted molar refractivity (Wildman–Crippen MR) is 56.1 cm³/mol. The molecule has 0 amide bonds. The summed E-state index contributed by atoms with van der Waals surface area (Å²) in [6, 6.07) is 0.663. The molecule has 2 rings (SSSR count). The average Bonchev–Trinajstić information content (AvgIpc) is 2.30. The van der Waals surface area contributed by atoms with E-state index < -0.39 is 0 Å². The van der Waals surface area contributed by atoms with Gasteiger partial charge in [-0.05, 0) is 26.3 Å². The van der Waals surface area contributed by atoms with Crippen LogP contribution in [-0.4, -0.2) is 23.1 Å². The fraction of sp³-hybridized carbons (Fsp3) is 0.636. The van der Waals surface area contributed by atoms with Crippen LogP contribution in [0.5, 0.6) is 0 Å². The fourth-order valence-corrected chi connectivity index (χ4v) is 2.24. The lowest BCUT2D eigenvalue weighted by atomic mass is 9.84. The van der Waals surface area contributed by atoms with Crippen molar-refractivity contribution in [1.82, 2.24) is 15.3 Å². The van der Waals surface area contributed by atoms with Gasteiger partial charge in [-0.2, -0.15) is 0 Å². The topological polar surface area (TPSA) is 37.8 Å². The van der Waals surface area contributed by atoms with E-state index in [1.54, 1.807) is 12.4 Å². The van der Waals surface area contributed by atoms with Crippen molar-refractivity contribution in [2.24, 2.45) is 0 Å².